The van der Waals surface area contributed by atoms with E-state index in [1.807, 2.05) is 0 Å². The molecule has 152 valence electrons. The molecule has 1 fully saturated rings. The molecule has 0 saturated carbocycles. The molecule has 1 aliphatic heterocycles. The van der Waals surface area contributed by atoms with E-state index in [1.165, 1.54) is 46.5 Å². The van der Waals surface area contributed by atoms with Crippen LogP contribution in [0.25, 0.3) is 0 Å². The molecule has 0 aromatic heterocycles. The molecule has 1 aromatic carbocycles. The van der Waals surface area contributed by atoms with Crippen molar-refractivity contribution in [2.75, 3.05) is 32.8 Å². The number of benzene rings is 1. The molecule has 0 atom stereocenters. The van der Waals surface area contributed by atoms with Crippen molar-refractivity contribution in [3.63, 3.8) is 0 Å². The Hall–Kier alpha value is -2.52. The van der Waals surface area contributed by atoms with Gasteiger partial charge in [0.2, 0.25) is 10.0 Å². The summed E-state index contributed by atoms with van der Waals surface area (Å²) in [6.45, 7) is 5.24. The minimum absolute atomic E-state index is 0.105. The highest BCUT2D eigenvalue weighted by molar-refractivity contribution is 7.89. The van der Waals surface area contributed by atoms with Crippen LogP contribution in [0.4, 0.5) is 0 Å². The normalized spacial score (nSPS) is 15.0. The second-order valence-electron chi connectivity index (χ2n) is 6.69. The zero-order valence-corrected chi connectivity index (χ0v) is 17.0. The quantitative estimate of drug-likeness (QED) is 0.399. The predicted octanol–water partition coefficient (Wildman–Crippen LogP) is 1.23. The van der Waals surface area contributed by atoms with Gasteiger partial charge in [-0.25, -0.2) is 13.2 Å². The largest absolute Gasteiger partial charge is 0.452 e. The van der Waals surface area contributed by atoms with Crippen LogP contribution in [0.3, 0.4) is 0 Å². The highest BCUT2D eigenvalue weighted by Crippen LogP contribution is 2.18. The Morgan fingerprint density at radius 1 is 1.00 bits per heavy atom. The van der Waals surface area contributed by atoms with Gasteiger partial charge in [-0.3, -0.25) is 9.59 Å². The number of rotatable bonds is 6. The van der Waals surface area contributed by atoms with Crippen molar-refractivity contribution >= 4 is 27.7 Å². The van der Waals surface area contributed by atoms with Crippen LogP contribution < -0.4 is 0 Å². The standard InChI is InChI=1S/C19H24N2O6S/c1-14(2)12-19(24)27-13-18(23)20-8-10-21(11-9-20)28(25,26)17-6-4-16(5-7-17)15(3)22/h4-7,12H,8-11,13H2,1-3H3. The molecule has 2 rings (SSSR count). The van der Waals surface area contributed by atoms with Crippen molar-refractivity contribution in [3.8, 4) is 0 Å². The van der Waals surface area contributed by atoms with Gasteiger partial charge in [-0.15, -0.1) is 0 Å². The number of carbonyl (C=O) groups excluding carboxylic acids is 3. The van der Waals surface area contributed by atoms with Gasteiger partial charge in [0.25, 0.3) is 5.91 Å². The van der Waals surface area contributed by atoms with E-state index in [-0.39, 0.29) is 49.4 Å². The summed E-state index contributed by atoms with van der Waals surface area (Å²) in [5.74, 6) is -1.08. The van der Waals surface area contributed by atoms with Gasteiger partial charge >= 0.3 is 5.97 Å². The van der Waals surface area contributed by atoms with Crippen molar-refractivity contribution in [3.05, 3.63) is 41.5 Å². The molecule has 1 saturated heterocycles. The third-order valence-corrected chi connectivity index (χ3v) is 6.15. The van der Waals surface area contributed by atoms with E-state index in [4.69, 9.17) is 4.74 Å². The van der Waals surface area contributed by atoms with Gasteiger partial charge in [0, 0.05) is 37.8 Å². The predicted molar refractivity (Wildman–Crippen MR) is 102 cm³/mol. The number of nitrogens with zero attached hydrogens (tertiary/aromatic N) is 2. The molecule has 1 heterocycles. The van der Waals surface area contributed by atoms with Crippen LogP contribution in [0, 0.1) is 0 Å². The first-order valence-corrected chi connectivity index (χ1v) is 10.3. The van der Waals surface area contributed by atoms with Crippen LogP contribution >= 0.6 is 0 Å². The van der Waals surface area contributed by atoms with Gasteiger partial charge in [0.1, 0.15) is 0 Å². The first-order valence-electron chi connectivity index (χ1n) is 8.82. The fourth-order valence-corrected chi connectivity index (χ4v) is 4.11. The van der Waals surface area contributed by atoms with Crippen molar-refractivity contribution < 1.29 is 27.5 Å². The lowest BCUT2D eigenvalue weighted by Crippen LogP contribution is -2.51. The highest BCUT2D eigenvalue weighted by atomic mass is 32.2. The fraction of sp³-hybridized carbons (Fsp3) is 0.421. The molecule has 0 unspecified atom stereocenters. The minimum Gasteiger partial charge on any atom is -0.452 e. The van der Waals surface area contributed by atoms with E-state index in [9.17, 15) is 22.8 Å². The van der Waals surface area contributed by atoms with Crippen LogP contribution in [0.2, 0.25) is 0 Å². The molecule has 0 N–H and O–H groups in total. The van der Waals surface area contributed by atoms with E-state index in [1.54, 1.807) is 13.8 Å². The smallest absolute Gasteiger partial charge is 0.331 e. The van der Waals surface area contributed by atoms with Crippen molar-refractivity contribution in [2.24, 2.45) is 0 Å². The Bertz CT molecular complexity index is 878. The molecule has 0 spiro atoms. The molecule has 0 aliphatic carbocycles. The molecular formula is C19H24N2O6S. The monoisotopic (exact) mass is 408 g/mol. The molecule has 1 aromatic rings. The third-order valence-electron chi connectivity index (χ3n) is 4.23. The van der Waals surface area contributed by atoms with Crippen molar-refractivity contribution in [1.82, 2.24) is 9.21 Å². The molecule has 1 aliphatic rings. The van der Waals surface area contributed by atoms with Gasteiger partial charge < -0.3 is 9.64 Å². The average molecular weight is 408 g/mol. The van der Waals surface area contributed by atoms with Crippen LogP contribution in [0.5, 0.6) is 0 Å². The Kier molecular flexibility index (Phi) is 7.09. The lowest BCUT2D eigenvalue weighted by molar-refractivity contribution is -0.148. The van der Waals surface area contributed by atoms with E-state index < -0.39 is 16.0 Å². The minimum atomic E-state index is -3.70. The number of carbonyl (C=O) groups is 3. The van der Waals surface area contributed by atoms with E-state index in [2.05, 4.69) is 0 Å². The molecule has 1 amide bonds. The summed E-state index contributed by atoms with van der Waals surface area (Å²) >= 11 is 0. The molecule has 9 heteroatoms. The fourth-order valence-electron chi connectivity index (χ4n) is 2.69. The SMILES string of the molecule is CC(=O)c1ccc(S(=O)(=O)N2CCN(C(=O)COC(=O)C=C(C)C)CC2)cc1. The number of ketones is 1. The van der Waals surface area contributed by atoms with Crippen LogP contribution in [-0.2, 0) is 24.3 Å². The number of piperazine rings is 1. The number of amides is 1. The first kappa shape index (κ1) is 21.8. The third kappa shape index (κ3) is 5.49. The summed E-state index contributed by atoms with van der Waals surface area (Å²) in [4.78, 5) is 36.5. The van der Waals surface area contributed by atoms with Gasteiger partial charge in [-0.1, -0.05) is 17.7 Å². The van der Waals surface area contributed by atoms with E-state index in [0.29, 0.717) is 5.56 Å². The van der Waals surface area contributed by atoms with Crippen molar-refractivity contribution in [2.45, 2.75) is 25.7 Å². The number of Topliss-reactive ketones (excluding diaryl/α,β-unsaturated/α-hetero) is 1. The first-order chi connectivity index (χ1) is 13.1. The Morgan fingerprint density at radius 2 is 1.57 bits per heavy atom. The molecular weight excluding hydrogens is 384 g/mol. The average Bonchev–Trinajstić information content (AvgIpc) is 2.65. The zero-order valence-electron chi connectivity index (χ0n) is 16.2. The summed E-state index contributed by atoms with van der Waals surface area (Å²) in [5.41, 5.74) is 1.21. The summed E-state index contributed by atoms with van der Waals surface area (Å²) in [6.07, 6.45) is 1.30. The van der Waals surface area contributed by atoms with Crippen LogP contribution in [0.1, 0.15) is 31.1 Å². The maximum Gasteiger partial charge on any atom is 0.331 e. The number of esters is 1. The number of sulfonamides is 1. The van der Waals surface area contributed by atoms with E-state index in [0.717, 1.165) is 5.57 Å². The molecule has 28 heavy (non-hydrogen) atoms. The maximum atomic E-state index is 12.7. The van der Waals surface area contributed by atoms with Gasteiger partial charge in [0.05, 0.1) is 4.90 Å². The second kappa shape index (κ2) is 9.11. The Morgan fingerprint density at radius 3 is 2.07 bits per heavy atom. The Labute approximate surface area is 164 Å². The van der Waals surface area contributed by atoms with Gasteiger partial charge in [-0.05, 0) is 32.9 Å². The van der Waals surface area contributed by atoms with Crippen LogP contribution in [-0.4, -0.2) is 68.1 Å². The zero-order chi connectivity index (χ0) is 20.9. The molecule has 0 bridgehead atoms. The summed E-state index contributed by atoms with van der Waals surface area (Å²) < 4.78 is 31.6. The lowest BCUT2D eigenvalue weighted by atomic mass is 10.2. The number of allylic oxidation sites excluding steroid dienone is 1. The summed E-state index contributed by atoms with van der Waals surface area (Å²) in [5, 5.41) is 0. The van der Waals surface area contributed by atoms with E-state index >= 15 is 0 Å². The van der Waals surface area contributed by atoms with Crippen LogP contribution in [0.15, 0.2) is 40.8 Å². The van der Waals surface area contributed by atoms with Crippen molar-refractivity contribution in [1.29, 1.82) is 0 Å². The topological polar surface area (TPSA) is 101 Å². The second-order valence-corrected chi connectivity index (χ2v) is 8.63. The molecule has 0 radical (unpaired) electrons. The Balaban J connectivity index is 1.93. The van der Waals surface area contributed by atoms with Gasteiger partial charge in [0.15, 0.2) is 12.4 Å². The highest BCUT2D eigenvalue weighted by Gasteiger charge is 2.30. The lowest BCUT2D eigenvalue weighted by Gasteiger charge is -2.33. The summed E-state index contributed by atoms with van der Waals surface area (Å²) in [7, 11) is -3.70. The summed E-state index contributed by atoms with van der Waals surface area (Å²) in [6, 6.07) is 5.78. The number of hydrogen-bond donors (Lipinski definition) is 0. The maximum absolute atomic E-state index is 12.7. The number of ether oxygens (including phenoxy) is 1. The van der Waals surface area contributed by atoms with Gasteiger partial charge in [-0.2, -0.15) is 4.31 Å². The number of hydrogen-bond acceptors (Lipinski definition) is 6. The molecule has 8 nitrogen and oxygen atoms in total.